The molecule has 1 rings (SSSR count). The quantitative estimate of drug-likeness (QED) is 0.741. The first kappa shape index (κ1) is 20.0. The van der Waals surface area contributed by atoms with E-state index in [1.807, 2.05) is 0 Å². The van der Waals surface area contributed by atoms with Crippen molar-refractivity contribution < 1.29 is 18.0 Å². The van der Waals surface area contributed by atoms with Crippen LogP contribution in [0, 0.1) is 0 Å². The molecule has 0 aromatic carbocycles. The van der Waals surface area contributed by atoms with Gasteiger partial charge in [0, 0.05) is 6.20 Å². The van der Waals surface area contributed by atoms with Gasteiger partial charge in [-0.15, -0.1) is 37.2 Å². The number of alkyl halides is 3. The van der Waals surface area contributed by atoms with Crippen molar-refractivity contribution in [2.24, 2.45) is 0 Å². The number of pyridine rings is 1. The standard InChI is InChI=1S/C7H4F3NO.3ClH/c8-7(9,10)5-1-2-11-6(3-5)4-12;;;/h1-4H;3*1H. The van der Waals surface area contributed by atoms with E-state index in [1.54, 1.807) is 0 Å². The highest BCUT2D eigenvalue weighted by atomic mass is 35.5. The minimum absolute atomic E-state index is 0. The molecule has 0 aliphatic carbocycles. The summed E-state index contributed by atoms with van der Waals surface area (Å²) in [6.45, 7) is 0. The predicted molar refractivity (Wildman–Crippen MR) is 56.4 cm³/mol. The molecule has 1 aromatic heterocycles. The molecule has 8 heteroatoms. The highest BCUT2D eigenvalue weighted by Crippen LogP contribution is 2.28. The van der Waals surface area contributed by atoms with Crippen molar-refractivity contribution in [3.8, 4) is 0 Å². The van der Waals surface area contributed by atoms with E-state index in [4.69, 9.17) is 0 Å². The van der Waals surface area contributed by atoms with Crippen molar-refractivity contribution in [3.05, 3.63) is 29.6 Å². The average molecular weight is 284 g/mol. The van der Waals surface area contributed by atoms with E-state index in [2.05, 4.69) is 4.98 Å². The Morgan fingerprint density at radius 1 is 1.20 bits per heavy atom. The molecular weight excluding hydrogens is 277 g/mol. The lowest BCUT2D eigenvalue weighted by Crippen LogP contribution is -2.05. The SMILES string of the molecule is Cl.Cl.Cl.O=Cc1cc(C(F)(F)F)ccn1. The zero-order valence-electron chi connectivity index (χ0n) is 7.02. The lowest BCUT2D eigenvalue weighted by atomic mass is 10.2. The van der Waals surface area contributed by atoms with Crippen LogP contribution in [0.3, 0.4) is 0 Å². The van der Waals surface area contributed by atoms with Gasteiger partial charge in [0.1, 0.15) is 5.69 Å². The molecule has 1 heterocycles. The van der Waals surface area contributed by atoms with Crippen molar-refractivity contribution in [2.75, 3.05) is 0 Å². The molecule has 0 saturated heterocycles. The van der Waals surface area contributed by atoms with Crippen LogP contribution in [0.15, 0.2) is 18.3 Å². The van der Waals surface area contributed by atoms with Gasteiger partial charge in [0.25, 0.3) is 0 Å². The Hall–Kier alpha value is -0.520. The number of hydrogen-bond donors (Lipinski definition) is 0. The number of hydrogen-bond acceptors (Lipinski definition) is 2. The second kappa shape index (κ2) is 7.73. The third-order valence-corrected chi connectivity index (χ3v) is 1.23. The van der Waals surface area contributed by atoms with Crippen molar-refractivity contribution in [2.45, 2.75) is 6.18 Å². The first-order valence-electron chi connectivity index (χ1n) is 3.02. The number of aromatic nitrogens is 1. The van der Waals surface area contributed by atoms with Gasteiger partial charge in [0.05, 0.1) is 5.56 Å². The second-order valence-electron chi connectivity index (χ2n) is 2.08. The molecule has 15 heavy (non-hydrogen) atoms. The summed E-state index contributed by atoms with van der Waals surface area (Å²) in [5.74, 6) is 0. The van der Waals surface area contributed by atoms with Gasteiger partial charge in [-0.3, -0.25) is 9.78 Å². The Balaban J connectivity index is -0.000000480. The number of carbonyl (C=O) groups excluding carboxylic acids is 1. The maximum absolute atomic E-state index is 12.0. The molecule has 0 aliphatic rings. The molecule has 0 unspecified atom stereocenters. The van der Waals surface area contributed by atoms with Gasteiger partial charge in [0.2, 0.25) is 0 Å². The van der Waals surface area contributed by atoms with Gasteiger partial charge < -0.3 is 0 Å². The van der Waals surface area contributed by atoms with Gasteiger partial charge in [0.15, 0.2) is 6.29 Å². The van der Waals surface area contributed by atoms with Gasteiger partial charge in [-0.25, -0.2) is 0 Å². The second-order valence-corrected chi connectivity index (χ2v) is 2.08. The Morgan fingerprint density at radius 2 is 1.73 bits per heavy atom. The van der Waals surface area contributed by atoms with Crippen molar-refractivity contribution in [1.29, 1.82) is 0 Å². The van der Waals surface area contributed by atoms with Crippen LogP contribution in [0.2, 0.25) is 0 Å². The molecule has 0 bridgehead atoms. The van der Waals surface area contributed by atoms with Crippen LogP contribution in [-0.4, -0.2) is 11.3 Å². The highest BCUT2D eigenvalue weighted by molar-refractivity contribution is 5.86. The van der Waals surface area contributed by atoms with Crippen LogP contribution < -0.4 is 0 Å². The fourth-order valence-corrected chi connectivity index (χ4v) is 0.689. The van der Waals surface area contributed by atoms with Gasteiger partial charge in [-0.2, -0.15) is 13.2 Å². The smallest absolute Gasteiger partial charge is 0.296 e. The maximum atomic E-state index is 12.0. The molecule has 88 valence electrons. The van der Waals surface area contributed by atoms with Gasteiger partial charge in [-0.1, -0.05) is 0 Å². The summed E-state index contributed by atoms with van der Waals surface area (Å²) in [5.41, 5.74) is -1.08. The largest absolute Gasteiger partial charge is 0.416 e. The fourth-order valence-electron chi connectivity index (χ4n) is 0.689. The van der Waals surface area contributed by atoms with Crippen LogP contribution in [0.1, 0.15) is 16.1 Å². The molecule has 0 saturated carbocycles. The van der Waals surface area contributed by atoms with Crippen LogP contribution in [0.4, 0.5) is 13.2 Å². The zero-order chi connectivity index (χ0) is 9.19. The molecule has 0 aliphatic heterocycles. The third kappa shape index (κ3) is 5.81. The lowest BCUT2D eigenvalue weighted by molar-refractivity contribution is -0.137. The van der Waals surface area contributed by atoms with E-state index in [1.165, 1.54) is 0 Å². The number of halogens is 6. The summed E-state index contributed by atoms with van der Waals surface area (Å²) in [4.78, 5) is 13.5. The van der Waals surface area contributed by atoms with Crippen LogP contribution in [0.25, 0.3) is 0 Å². The van der Waals surface area contributed by atoms with Crippen LogP contribution in [-0.2, 0) is 6.18 Å². The summed E-state index contributed by atoms with van der Waals surface area (Å²) in [7, 11) is 0. The van der Waals surface area contributed by atoms with Gasteiger partial charge in [-0.05, 0) is 12.1 Å². The minimum atomic E-state index is -4.42. The zero-order valence-corrected chi connectivity index (χ0v) is 9.47. The topological polar surface area (TPSA) is 30.0 Å². The minimum Gasteiger partial charge on any atom is -0.296 e. The lowest BCUT2D eigenvalue weighted by Gasteiger charge is -2.04. The summed E-state index contributed by atoms with van der Waals surface area (Å²) in [6.07, 6.45) is -3.19. The summed E-state index contributed by atoms with van der Waals surface area (Å²) >= 11 is 0. The molecule has 0 atom stereocenters. The van der Waals surface area contributed by atoms with Crippen LogP contribution >= 0.6 is 37.2 Å². The highest BCUT2D eigenvalue weighted by Gasteiger charge is 2.30. The summed E-state index contributed by atoms with van der Waals surface area (Å²) < 4.78 is 35.9. The molecule has 0 amide bonds. The first-order valence-corrected chi connectivity index (χ1v) is 3.02. The van der Waals surface area contributed by atoms with E-state index in [9.17, 15) is 18.0 Å². The monoisotopic (exact) mass is 283 g/mol. The molecular formula is C7H7Cl3F3NO. The molecule has 1 aromatic rings. The van der Waals surface area contributed by atoms with E-state index in [-0.39, 0.29) is 49.2 Å². The number of nitrogens with zero attached hydrogens (tertiary/aromatic N) is 1. The molecule has 0 N–H and O–H groups in total. The Morgan fingerprint density at radius 3 is 2.13 bits per heavy atom. The van der Waals surface area contributed by atoms with Crippen molar-refractivity contribution in [1.82, 2.24) is 4.98 Å². The summed E-state index contributed by atoms with van der Waals surface area (Å²) in [6, 6.07) is 1.51. The van der Waals surface area contributed by atoms with E-state index in [0.29, 0.717) is 6.07 Å². The van der Waals surface area contributed by atoms with E-state index >= 15 is 0 Å². The molecule has 0 spiro atoms. The van der Waals surface area contributed by atoms with Crippen LogP contribution in [0.5, 0.6) is 0 Å². The Bertz CT molecular complexity index is 306. The normalized spacial score (nSPS) is 9.00. The fraction of sp³-hybridized carbons (Fsp3) is 0.143. The van der Waals surface area contributed by atoms with Crippen molar-refractivity contribution >= 4 is 43.5 Å². The van der Waals surface area contributed by atoms with Gasteiger partial charge >= 0.3 is 6.18 Å². The molecule has 0 radical (unpaired) electrons. The summed E-state index contributed by atoms with van der Waals surface area (Å²) in [5, 5.41) is 0. The third-order valence-electron chi connectivity index (χ3n) is 1.23. The Labute approximate surface area is 102 Å². The van der Waals surface area contributed by atoms with Crippen molar-refractivity contribution in [3.63, 3.8) is 0 Å². The van der Waals surface area contributed by atoms with E-state index in [0.717, 1.165) is 12.3 Å². The average Bonchev–Trinajstić information content (AvgIpc) is 2.03. The predicted octanol–water partition coefficient (Wildman–Crippen LogP) is 3.18. The number of carbonyl (C=O) groups is 1. The Kier molecular flexibility index (Phi) is 10.3. The number of aldehydes is 1. The molecule has 2 nitrogen and oxygen atoms in total. The van der Waals surface area contributed by atoms with E-state index < -0.39 is 11.7 Å². The number of rotatable bonds is 1. The maximum Gasteiger partial charge on any atom is 0.416 e. The molecule has 0 fully saturated rings. The first-order chi connectivity index (χ1) is 5.54.